The van der Waals surface area contributed by atoms with Crippen LogP contribution in [0.1, 0.15) is 31.2 Å². The number of allylic oxidation sites excluding steroid dienone is 1. The molecule has 0 amide bonds. The summed E-state index contributed by atoms with van der Waals surface area (Å²) in [5.74, 6) is 1.96. The summed E-state index contributed by atoms with van der Waals surface area (Å²) in [7, 11) is 0. The van der Waals surface area contributed by atoms with Gasteiger partial charge < -0.3 is 28.3 Å². The van der Waals surface area contributed by atoms with Gasteiger partial charge in [-0.1, -0.05) is 17.4 Å². The lowest BCUT2D eigenvalue weighted by atomic mass is 9.95. The average Bonchev–Trinajstić information content (AvgIpc) is 3.63. The SMILES string of the molecule is CCOC(=O)C1=C(C)N=c2sc(=Cc3ccc(N4CCOCC4)o3)c(=O)n2[C@@H]1c1ccc2c(c1)OCO2. The molecule has 3 aliphatic heterocycles. The molecule has 0 unspecified atom stereocenters. The maximum atomic E-state index is 13.8. The van der Waals surface area contributed by atoms with Gasteiger partial charge in [-0.15, -0.1) is 0 Å². The van der Waals surface area contributed by atoms with Gasteiger partial charge in [-0.2, -0.15) is 0 Å². The van der Waals surface area contributed by atoms with Crippen molar-refractivity contribution in [1.82, 2.24) is 4.57 Å². The second kappa shape index (κ2) is 9.56. The zero-order chi connectivity index (χ0) is 25.5. The molecule has 0 radical (unpaired) electrons. The first-order chi connectivity index (χ1) is 18.0. The molecule has 0 saturated carbocycles. The number of morpholine rings is 1. The van der Waals surface area contributed by atoms with Gasteiger partial charge in [0, 0.05) is 25.2 Å². The number of furan rings is 1. The van der Waals surface area contributed by atoms with Crippen LogP contribution in [0, 0.1) is 0 Å². The largest absolute Gasteiger partial charge is 0.463 e. The molecule has 3 aromatic rings. The molecule has 5 heterocycles. The fourth-order valence-corrected chi connectivity index (χ4v) is 5.72. The fraction of sp³-hybridized carbons (Fsp3) is 0.346. The number of fused-ring (bicyclic) bond motifs is 2. The Morgan fingerprint density at radius 1 is 1.19 bits per heavy atom. The first-order valence-electron chi connectivity index (χ1n) is 12.0. The lowest BCUT2D eigenvalue weighted by Crippen LogP contribution is -2.39. The second-order valence-electron chi connectivity index (χ2n) is 8.69. The van der Waals surface area contributed by atoms with Crippen LogP contribution in [0.3, 0.4) is 0 Å². The Bertz CT molecular complexity index is 1580. The van der Waals surface area contributed by atoms with Crippen LogP contribution in [0.25, 0.3) is 6.08 Å². The van der Waals surface area contributed by atoms with E-state index in [0.717, 1.165) is 19.0 Å². The Balaban J connectivity index is 1.45. The highest BCUT2D eigenvalue weighted by atomic mass is 32.1. The summed E-state index contributed by atoms with van der Waals surface area (Å²) in [6.45, 7) is 6.63. The smallest absolute Gasteiger partial charge is 0.338 e. The zero-order valence-electron chi connectivity index (χ0n) is 20.4. The Morgan fingerprint density at radius 3 is 2.81 bits per heavy atom. The van der Waals surface area contributed by atoms with E-state index in [0.29, 0.717) is 56.6 Å². The number of esters is 1. The minimum absolute atomic E-state index is 0.122. The van der Waals surface area contributed by atoms with E-state index in [4.69, 9.17) is 23.4 Å². The van der Waals surface area contributed by atoms with Crippen molar-refractivity contribution in [2.45, 2.75) is 19.9 Å². The molecule has 0 aliphatic carbocycles. The van der Waals surface area contributed by atoms with E-state index >= 15 is 0 Å². The molecular weight excluding hydrogens is 498 g/mol. The summed E-state index contributed by atoms with van der Waals surface area (Å²) < 4.78 is 29.8. The first kappa shape index (κ1) is 23.6. The van der Waals surface area contributed by atoms with E-state index in [1.165, 1.54) is 11.3 Å². The Morgan fingerprint density at radius 2 is 2.00 bits per heavy atom. The molecule has 2 aromatic heterocycles. The number of hydrogen-bond donors (Lipinski definition) is 0. The molecule has 37 heavy (non-hydrogen) atoms. The van der Waals surface area contributed by atoms with Crippen LogP contribution in [0.4, 0.5) is 5.88 Å². The molecule has 11 heteroatoms. The van der Waals surface area contributed by atoms with Crippen LogP contribution in [0.15, 0.2) is 55.8 Å². The van der Waals surface area contributed by atoms with Gasteiger partial charge >= 0.3 is 5.97 Å². The highest BCUT2D eigenvalue weighted by molar-refractivity contribution is 7.07. The molecule has 1 aromatic carbocycles. The summed E-state index contributed by atoms with van der Waals surface area (Å²) in [6.07, 6.45) is 1.72. The topological polar surface area (TPSA) is 105 Å². The molecular formula is C26H25N3O7S. The van der Waals surface area contributed by atoms with E-state index < -0.39 is 12.0 Å². The van der Waals surface area contributed by atoms with E-state index in [1.54, 1.807) is 36.6 Å². The summed E-state index contributed by atoms with van der Waals surface area (Å²) in [5.41, 5.74) is 1.24. The molecule has 0 N–H and O–H groups in total. The lowest BCUT2D eigenvalue weighted by molar-refractivity contribution is -0.139. The number of thiazole rings is 1. The monoisotopic (exact) mass is 523 g/mol. The fourth-order valence-electron chi connectivity index (χ4n) is 4.69. The van der Waals surface area contributed by atoms with Crippen molar-refractivity contribution in [1.29, 1.82) is 0 Å². The molecule has 0 bridgehead atoms. The summed E-state index contributed by atoms with van der Waals surface area (Å²) in [5, 5.41) is 0. The van der Waals surface area contributed by atoms with Gasteiger partial charge in [0.25, 0.3) is 5.56 Å². The number of benzene rings is 1. The van der Waals surface area contributed by atoms with Crippen molar-refractivity contribution in [2.24, 2.45) is 4.99 Å². The van der Waals surface area contributed by atoms with Gasteiger partial charge in [0.1, 0.15) is 5.76 Å². The number of anilines is 1. The first-order valence-corrected chi connectivity index (χ1v) is 12.9. The van der Waals surface area contributed by atoms with Crippen molar-refractivity contribution in [3.8, 4) is 11.5 Å². The lowest BCUT2D eigenvalue weighted by Gasteiger charge is -2.26. The average molecular weight is 524 g/mol. The third kappa shape index (κ3) is 4.23. The molecule has 3 aliphatic rings. The molecule has 0 spiro atoms. The van der Waals surface area contributed by atoms with Gasteiger partial charge in [0.05, 0.1) is 41.7 Å². The number of hydrogen-bond acceptors (Lipinski definition) is 10. The number of rotatable bonds is 5. The van der Waals surface area contributed by atoms with Gasteiger partial charge in [-0.3, -0.25) is 9.36 Å². The second-order valence-corrected chi connectivity index (χ2v) is 9.70. The number of carbonyl (C=O) groups excluding carboxylic acids is 1. The van der Waals surface area contributed by atoms with Crippen molar-refractivity contribution in [3.63, 3.8) is 0 Å². The van der Waals surface area contributed by atoms with E-state index in [9.17, 15) is 9.59 Å². The predicted molar refractivity (Wildman–Crippen MR) is 135 cm³/mol. The number of ether oxygens (including phenoxy) is 4. The third-order valence-electron chi connectivity index (χ3n) is 6.44. The summed E-state index contributed by atoms with van der Waals surface area (Å²) >= 11 is 1.25. The van der Waals surface area contributed by atoms with Crippen molar-refractivity contribution in [3.05, 3.63) is 72.6 Å². The van der Waals surface area contributed by atoms with Gasteiger partial charge in [0.2, 0.25) is 6.79 Å². The number of nitrogens with zero attached hydrogens (tertiary/aromatic N) is 3. The van der Waals surface area contributed by atoms with Crippen molar-refractivity contribution >= 4 is 29.3 Å². The maximum Gasteiger partial charge on any atom is 0.338 e. The van der Waals surface area contributed by atoms with Crippen LogP contribution >= 0.6 is 11.3 Å². The minimum Gasteiger partial charge on any atom is -0.463 e. The quantitative estimate of drug-likeness (QED) is 0.468. The number of aromatic nitrogens is 1. The van der Waals surface area contributed by atoms with Crippen molar-refractivity contribution < 1.29 is 28.2 Å². The molecule has 1 saturated heterocycles. The Kier molecular flexibility index (Phi) is 6.09. The molecule has 10 nitrogen and oxygen atoms in total. The van der Waals surface area contributed by atoms with E-state index in [-0.39, 0.29) is 19.0 Å². The van der Waals surface area contributed by atoms with E-state index in [2.05, 4.69) is 9.89 Å². The minimum atomic E-state index is -0.729. The van der Waals surface area contributed by atoms with Gasteiger partial charge in [-0.05, 0) is 37.6 Å². The Hall–Kier alpha value is -3.83. The molecule has 6 rings (SSSR count). The predicted octanol–water partition coefficient (Wildman–Crippen LogP) is 1.96. The highest BCUT2D eigenvalue weighted by Gasteiger charge is 2.34. The van der Waals surface area contributed by atoms with Crippen LogP contribution < -0.4 is 29.3 Å². The van der Waals surface area contributed by atoms with Crippen LogP contribution in [0.2, 0.25) is 0 Å². The normalized spacial score (nSPS) is 19.1. The van der Waals surface area contributed by atoms with Crippen LogP contribution in [-0.4, -0.2) is 50.2 Å². The Labute approximate surface area is 215 Å². The van der Waals surface area contributed by atoms with Gasteiger partial charge in [-0.25, -0.2) is 9.79 Å². The zero-order valence-corrected chi connectivity index (χ0v) is 21.2. The summed E-state index contributed by atoms with van der Waals surface area (Å²) in [4.78, 5) is 34.0. The van der Waals surface area contributed by atoms with Crippen LogP contribution in [0.5, 0.6) is 11.5 Å². The van der Waals surface area contributed by atoms with E-state index in [1.807, 2.05) is 18.2 Å². The molecule has 1 atom stereocenters. The van der Waals surface area contributed by atoms with Crippen LogP contribution in [-0.2, 0) is 14.3 Å². The van der Waals surface area contributed by atoms with Crippen molar-refractivity contribution in [2.75, 3.05) is 44.6 Å². The number of carbonyl (C=O) groups is 1. The highest BCUT2D eigenvalue weighted by Crippen LogP contribution is 2.38. The maximum absolute atomic E-state index is 13.8. The summed E-state index contributed by atoms with van der Waals surface area (Å²) in [6, 6.07) is 8.41. The standard InChI is InChI=1S/C26H25N3O7S/c1-3-33-25(31)22-15(2)27-26-29(23(22)16-4-6-18-19(12-16)35-14-34-18)24(30)20(37-26)13-17-5-7-21(36-17)28-8-10-32-11-9-28/h4-7,12-13,23H,3,8-11,14H2,1-2H3/t23-/m1/s1. The van der Waals surface area contributed by atoms with Gasteiger partial charge in [0.15, 0.2) is 22.2 Å². The molecule has 192 valence electrons. The third-order valence-corrected chi connectivity index (χ3v) is 7.42. The molecule has 1 fully saturated rings.